The molecule has 0 aliphatic rings. The average Bonchev–Trinajstić information content (AvgIpc) is 2.48. The van der Waals surface area contributed by atoms with Gasteiger partial charge in [0.25, 0.3) is 0 Å². The lowest BCUT2D eigenvalue weighted by atomic mass is 10.2. The first-order valence-electron chi connectivity index (χ1n) is 6.59. The van der Waals surface area contributed by atoms with E-state index in [1.807, 2.05) is 13.0 Å². The molecule has 2 aromatic rings. The van der Waals surface area contributed by atoms with Crippen molar-refractivity contribution in [3.63, 3.8) is 0 Å². The molecule has 0 fully saturated rings. The third-order valence-electron chi connectivity index (χ3n) is 2.91. The fourth-order valence-electron chi connectivity index (χ4n) is 1.85. The first-order valence-corrected chi connectivity index (χ1v) is 8.83. The quantitative estimate of drug-likeness (QED) is 0.845. The summed E-state index contributed by atoms with van der Waals surface area (Å²) < 4.78 is 26.6. The molecule has 0 aromatic heterocycles. The fraction of sp³-hybridized carbons (Fsp3) is 0.133. The lowest BCUT2D eigenvalue weighted by Gasteiger charge is -2.09. The SMILES string of the molecule is Cc1cccc(NC(=O)CNS(=O)(=O)c2cc(Cl)ccc2Cl)c1. The maximum atomic E-state index is 12.2. The molecule has 0 saturated heterocycles. The molecule has 5 nitrogen and oxygen atoms in total. The van der Waals surface area contributed by atoms with Crippen LogP contribution in [0.4, 0.5) is 5.69 Å². The van der Waals surface area contributed by atoms with Crippen molar-refractivity contribution in [1.82, 2.24) is 4.72 Å². The molecule has 8 heteroatoms. The van der Waals surface area contributed by atoms with E-state index >= 15 is 0 Å². The topological polar surface area (TPSA) is 75.3 Å². The van der Waals surface area contributed by atoms with Gasteiger partial charge >= 0.3 is 0 Å². The van der Waals surface area contributed by atoms with Crippen LogP contribution in [0.1, 0.15) is 5.56 Å². The van der Waals surface area contributed by atoms with Gasteiger partial charge < -0.3 is 5.32 Å². The van der Waals surface area contributed by atoms with E-state index in [4.69, 9.17) is 23.2 Å². The van der Waals surface area contributed by atoms with Gasteiger partial charge in [-0.3, -0.25) is 4.79 Å². The molecular formula is C15H14Cl2N2O3S. The van der Waals surface area contributed by atoms with Crippen LogP contribution >= 0.6 is 23.2 Å². The van der Waals surface area contributed by atoms with Crippen LogP contribution in [0.25, 0.3) is 0 Å². The Balaban J connectivity index is 2.04. The lowest BCUT2D eigenvalue weighted by Crippen LogP contribution is -2.33. The second kappa shape index (κ2) is 7.31. The van der Waals surface area contributed by atoms with Gasteiger partial charge in [0.05, 0.1) is 11.6 Å². The average molecular weight is 373 g/mol. The van der Waals surface area contributed by atoms with Crippen molar-refractivity contribution in [1.29, 1.82) is 0 Å². The van der Waals surface area contributed by atoms with Crippen LogP contribution in [0.3, 0.4) is 0 Å². The maximum Gasteiger partial charge on any atom is 0.242 e. The van der Waals surface area contributed by atoms with Crippen molar-refractivity contribution in [2.45, 2.75) is 11.8 Å². The number of nitrogens with one attached hydrogen (secondary N) is 2. The van der Waals surface area contributed by atoms with Crippen molar-refractivity contribution in [3.05, 3.63) is 58.1 Å². The Morgan fingerprint density at radius 3 is 2.57 bits per heavy atom. The van der Waals surface area contributed by atoms with Gasteiger partial charge in [-0.05, 0) is 42.8 Å². The van der Waals surface area contributed by atoms with Crippen molar-refractivity contribution >= 4 is 44.8 Å². The normalized spacial score (nSPS) is 11.3. The highest BCUT2D eigenvalue weighted by Gasteiger charge is 2.19. The van der Waals surface area contributed by atoms with Crippen LogP contribution in [0.15, 0.2) is 47.4 Å². The van der Waals surface area contributed by atoms with Crippen molar-refractivity contribution in [3.8, 4) is 0 Å². The van der Waals surface area contributed by atoms with E-state index < -0.39 is 22.5 Å². The summed E-state index contributed by atoms with van der Waals surface area (Å²) in [5.41, 5.74) is 1.57. The number of sulfonamides is 1. The Morgan fingerprint density at radius 1 is 1.13 bits per heavy atom. The second-order valence-corrected chi connectivity index (χ2v) is 7.40. The number of halogens is 2. The van der Waals surface area contributed by atoms with Gasteiger partial charge in [-0.1, -0.05) is 35.3 Å². The van der Waals surface area contributed by atoms with Crippen LogP contribution < -0.4 is 10.0 Å². The first kappa shape index (κ1) is 17.7. The van der Waals surface area contributed by atoms with Crippen LogP contribution in [-0.2, 0) is 14.8 Å². The molecule has 2 aromatic carbocycles. The molecular weight excluding hydrogens is 359 g/mol. The van der Waals surface area contributed by atoms with E-state index in [2.05, 4.69) is 10.0 Å². The monoisotopic (exact) mass is 372 g/mol. The highest BCUT2D eigenvalue weighted by Crippen LogP contribution is 2.24. The van der Waals surface area contributed by atoms with E-state index in [1.165, 1.54) is 18.2 Å². The summed E-state index contributed by atoms with van der Waals surface area (Å²) in [6.45, 7) is 1.47. The third-order valence-corrected chi connectivity index (χ3v) is 5.03. The molecule has 0 aliphatic heterocycles. The van der Waals surface area contributed by atoms with Gasteiger partial charge in [-0.15, -0.1) is 0 Å². The van der Waals surface area contributed by atoms with E-state index in [9.17, 15) is 13.2 Å². The summed E-state index contributed by atoms with van der Waals surface area (Å²) in [5, 5.41) is 2.87. The van der Waals surface area contributed by atoms with Gasteiger partial charge in [0.2, 0.25) is 15.9 Å². The minimum absolute atomic E-state index is 0.0287. The number of aryl methyl sites for hydroxylation is 1. The van der Waals surface area contributed by atoms with Crippen LogP contribution in [0.5, 0.6) is 0 Å². The Labute approximate surface area is 144 Å². The van der Waals surface area contributed by atoms with Crippen LogP contribution in [-0.4, -0.2) is 20.9 Å². The highest BCUT2D eigenvalue weighted by atomic mass is 35.5. The molecule has 0 atom stereocenters. The molecule has 0 spiro atoms. The summed E-state index contributed by atoms with van der Waals surface area (Å²) in [6, 6.07) is 11.3. The van der Waals surface area contributed by atoms with E-state index in [0.717, 1.165) is 5.56 Å². The van der Waals surface area contributed by atoms with Crippen molar-refractivity contribution < 1.29 is 13.2 Å². The summed E-state index contributed by atoms with van der Waals surface area (Å²) in [7, 11) is -3.94. The third kappa shape index (κ3) is 4.94. The zero-order valence-corrected chi connectivity index (χ0v) is 14.5. The van der Waals surface area contributed by atoms with Gasteiger partial charge in [-0.25, -0.2) is 13.1 Å². The molecule has 0 unspecified atom stereocenters. The lowest BCUT2D eigenvalue weighted by molar-refractivity contribution is -0.115. The van der Waals surface area contributed by atoms with Gasteiger partial charge in [0.15, 0.2) is 0 Å². The van der Waals surface area contributed by atoms with E-state index in [-0.39, 0.29) is 14.9 Å². The van der Waals surface area contributed by atoms with E-state index in [0.29, 0.717) is 5.69 Å². The minimum Gasteiger partial charge on any atom is -0.325 e. The fourth-order valence-corrected chi connectivity index (χ4v) is 3.59. The van der Waals surface area contributed by atoms with Gasteiger partial charge in [0, 0.05) is 10.7 Å². The maximum absolute atomic E-state index is 12.2. The number of carbonyl (C=O) groups excluding carboxylic acids is 1. The first-order chi connectivity index (χ1) is 10.8. The molecule has 2 rings (SSSR count). The molecule has 23 heavy (non-hydrogen) atoms. The molecule has 122 valence electrons. The Bertz CT molecular complexity index is 838. The standard InChI is InChI=1S/C15H14Cl2N2O3S/c1-10-3-2-4-12(7-10)19-15(20)9-18-23(21,22)14-8-11(16)5-6-13(14)17/h2-8,18H,9H2,1H3,(H,19,20). The molecule has 0 bridgehead atoms. The molecule has 1 amide bonds. The summed E-state index contributed by atoms with van der Waals surface area (Å²) >= 11 is 11.6. The Hall–Kier alpha value is -1.60. The number of benzene rings is 2. The van der Waals surface area contributed by atoms with Crippen LogP contribution in [0, 0.1) is 6.92 Å². The van der Waals surface area contributed by atoms with Crippen molar-refractivity contribution in [2.75, 3.05) is 11.9 Å². The Kier molecular flexibility index (Phi) is 5.64. The number of amides is 1. The summed E-state index contributed by atoms with van der Waals surface area (Å²) in [5.74, 6) is -0.489. The predicted molar refractivity (Wildman–Crippen MR) is 91.5 cm³/mol. The number of carbonyl (C=O) groups is 1. The van der Waals surface area contributed by atoms with Gasteiger partial charge in [-0.2, -0.15) is 0 Å². The predicted octanol–water partition coefficient (Wildman–Crippen LogP) is 3.22. The number of hydrogen-bond donors (Lipinski definition) is 2. The zero-order valence-electron chi connectivity index (χ0n) is 12.1. The molecule has 0 saturated carbocycles. The second-order valence-electron chi connectivity index (χ2n) is 4.82. The summed E-state index contributed by atoms with van der Waals surface area (Å²) in [4.78, 5) is 11.7. The number of rotatable bonds is 5. The number of hydrogen-bond acceptors (Lipinski definition) is 3. The van der Waals surface area contributed by atoms with Crippen molar-refractivity contribution in [2.24, 2.45) is 0 Å². The molecule has 2 N–H and O–H groups in total. The minimum atomic E-state index is -3.94. The largest absolute Gasteiger partial charge is 0.325 e. The van der Waals surface area contributed by atoms with Crippen LogP contribution in [0.2, 0.25) is 10.0 Å². The number of anilines is 1. The van der Waals surface area contributed by atoms with E-state index in [1.54, 1.807) is 18.2 Å². The summed E-state index contributed by atoms with van der Waals surface area (Å²) in [6.07, 6.45) is 0. The zero-order chi connectivity index (χ0) is 17.0. The van der Waals surface area contributed by atoms with Gasteiger partial charge in [0.1, 0.15) is 4.90 Å². The Morgan fingerprint density at radius 2 is 1.87 bits per heavy atom. The molecule has 0 radical (unpaired) electrons. The highest BCUT2D eigenvalue weighted by molar-refractivity contribution is 7.89. The molecule has 0 heterocycles. The smallest absolute Gasteiger partial charge is 0.242 e. The molecule has 0 aliphatic carbocycles.